The van der Waals surface area contributed by atoms with Crippen LogP contribution in [0.25, 0.3) is 5.82 Å². The molecular weight excluding hydrogens is 397 g/mol. The predicted octanol–water partition coefficient (Wildman–Crippen LogP) is 3.60. The Bertz CT molecular complexity index is 854. The molecule has 0 saturated heterocycles. The maximum Gasteiger partial charge on any atom is 0.271 e. The fourth-order valence-electron chi connectivity index (χ4n) is 4.81. The number of rotatable bonds is 3. The number of pyridine rings is 1. The molecule has 152 valence electrons. The fourth-order valence-corrected chi connectivity index (χ4v) is 5.01. The van der Waals surface area contributed by atoms with Crippen LogP contribution < -0.4 is 11.1 Å². The zero-order valence-corrected chi connectivity index (χ0v) is 17.8. The van der Waals surface area contributed by atoms with E-state index in [1.54, 1.807) is 16.8 Å². The maximum atomic E-state index is 13.0. The molecule has 2 aliphatic rings. The van der Waals surface area contributed by atoms with E-state index in [1.807, 2.05) is 19.9 Å². The number of aromatic nitrogens is 3. The molecule has 0 aromatic carbocycles. The number of hydrogen-bond donors (Lipinski definition) is 2. The second-order valence-electron chi connectivity index (χ2n) is 8.02. The second-order valence-corrected chi connectivity index (χ2v) is 8.43. The highest BCUT2D eigenvalue weighted by molar-refractivity contribution is 6.33. The lowest BCUT2D eigenvalue weighted by molar-refractivity contribution is 0.0751. The van der Waals surface area contributed by atoms with Gasteiger partial charge in [0, 0.05) is 17.8 Å². The largest absolute Gasteiger partial charge is 0.347 e. The lowest BCUT2D eigenvalue weighted by atomic mass is 9.67. The first-order valence-corrected chi connectivity index (χ1v) is 10.1. The molecule has 2 fully saturated rings. The molecule has 4 rings (SSSR count). The van der Waals surface area contributed by atoms with Crippen molar-refractivity contribution in [3.8, 4) is 5.82 Å². The van der Waals surface area contributed by atoms with Crippen LogP contribution in [-0.4, -0.2) is 32.8 Å². The second kappa shape index (κ2) is 8.39. The molecule has 28 heavy (non-hydrogen) atoms. The van der Waals surface area contributed by atoms with E-state index in [4.69, 9.17) is 17.3 Å². The lowest BCUT2D eigenvalue weighted by Gasteiger charge is -2.45. The minimum Gasteiger partial charge on any atom is -0.347 e. The van der Waals surface area contributed by atoms with Crippen LogP contribution in [0.2, 0.25) is 5.02 Å². The van der Waals surface area contributed by atoms with Gasteiger partial charge in [-0.1, -0.05) is 18.0 Å². The average Bonchev–Trinajstić information content (AvgIpc) is 2.94. The molecule has 2 unspecified atom stereocenters. The van der Waals surface area contributed by atoms with E-state index in [0.717, 1.165) is 37.1 Å². The van der Waals surface area contributed by atoms with Gasteiger partial charge in [-0.2, -0.15) is 5.10 Å². The van der Waals surface area contributed by atoms with Gasteiger partial charge in [0.05, 0.1) is 10.7 Å². The molecule has 3 N–H and O–H groups in total. The molecule has 2 saturated carbocycles. The Morgan fingerprint density at radius 1 is 1.25 bits per heavy atom. The van der Waals surface area contributed by atoms with Crippen LogP contribution in [0.15, 0.2) is 18.2 Å². The van der Waals surface area contributed by atoms with E-state index < -0.39 is 0 Å². The van der Waals surface area contributed by atoms with Crippen molar-refractivity contribution in [2.45, 2.75) is 58.0 Å². The summed E-state index contributed by atoms with van der Waals surface area (Å²) >= 11 is 6.31. The van der Waals surface area contributed by atoms with Gasteiger partial charge in [-0.05, 0) is 69.6 Å². The van der Waals surface area contributed by atoms with Crippen molar-refractivity contribution in [1.82, 2.24) is 20.1 Å². The van der Waals surface area contributed by atoms with E-state index in [1.165, 1.54) is 6.42 Å². The van der Waals surface area contributed by atoms with Crippen molar-refractivity contribution >= 4 is 29.9 Å². The standard InChI is InChI=1S/C20H26ClN5O.ClH/c1-11-8-12(2)26(25-11)17-7-6-16(21)19(23-17)20(27)24-18-13-4-3-5-14(18)10-15(22)9-13;/h6-8,13-15,18H,3-5,9-10,22H2,1-2H3,(H,24,27);1H. The monoisotopic (exact) mass is 423 g/mol. The number of carbonyl (C=O) groups is 1. The summed E-state index contributed by atoms with van der Waals surface area (Å²) in [5, 5.41) is 8.03. The number of nitrogens with zero attached hydrogens (tertiary/aromatic N) is 3. The molecule has 2 aromatic heterocycles. The zero-order chi connectivity index (χ0) is 19.1. The summed E-state index contributed by atoms with van der Waals surface area (Å²) in [6.07, 6.45) is 5.44. The fraction of sp³-hybridized carbons (Fsp3) is 0.550. The summed E-state index contributed by atoms with van der Waals surface area (Å²) in [7, 11) is 0. The number of aryl methyl sites for hydroxylation is 2. The van der Waals surface area contributed by atoms with Crippen LogP contribution in [0.5, 0.6) is 0 Å². The van der Waals surface area contributed by atoms with E-state index >= 15 is 0 Å². The topological polar surface area (TPSA) is 85.8 Å². The maximum absolute atomic E-state index is 13.0. The van der Waals surface area contributed by atoms with E-state index in [9.17, 15) is 4.79 Å². The Morgan fingerprint density at radius 2 is 1.93 bits per heavy atom. The number of amides is 1. The number of nitrogens with two attached hydrogens (primary N) is 1. The highest BCUT2D eigenvalue weighted by Crippen LogP contribution is 2.39. The molecular formula is C20H27Cl2N5O. The highest BCUT2D eigenvalue weighted by Gasteiger charge is 2.40. The van der Waals surface area contributed by atoms with Gasteiger partial charge in [0.2, 0.25) is 0 Å². The summed E-state index contributed by atoms with van der Waals surface area (Å²) in [5.41, 5.74) is 8.32. The molecule has 2 aromatic rings. The Hall–Kier alpha value is -1.63. The first kappa shape index (κ1) is 21.1. The van der Waals surface area contributed by atoms with Gasteiger partial charge in [-0.25, -0.2) is 9.67 Å². The molecule has 0 spiro atoms. The van der Waals surface area contributed by atoms with Gasteiger partial charge in [-0.15, -0.1) is 12.4 Å². The van der Waals surface area contributed by atoms with Crippen LogP contribution >= 0.6 is 24.0 Å². The van der Waals surface area contributed by atoms with Gasteiger partial charge in [0.25, 0.3) is 5.91 Å². The number of halogens is 2. The van der Waals surface area contributed by atoms with Gasteiger partial charge in [0.15, 0.2) is 5.82 Å². The SMILES string of the molecule is Cc1cc(C)n(-c2ccc(Cl)c(C(=O)NC3C4CCCC3CC(N)C4)n2)n1.Cl. The van der Waals surface area contributed by atoms with Gasteiger partial charge >= 0.3 is 0 Å². The van der Waals surface area contributed by atoms with Crippen molar-refractivity contribution < 1.29 is 4.79 Å². The summed E-state index contributed by atoms with van der Waals surface area (Å²) in [6, 6.07) is 5.90. The molecule has 2 atom stereocenters. The molecule has 1 amide bonds. The van der Waals surface area contributed by atoms with Crippen molar-refractivity contribution in [2.75, 3.05) is 0 Å². The Kier molecular flexibility index (Phi) is 6.32. The Morgan fingerprint density at radius 3 is 2.54 bits per heavy atom. The molecule has 2 bridgehead atoms. The number of nitrogens with one attached hydrogen (secondary N) is 1. The van der Waals surface area contributed by atoms with Crippen LogP contribution in [-0.2, 0) is 0 Å². The molecule has 0 aliphatic heterocycles. The number of fused-ring (bicyclic) bond motifs is 2. The van der Waals surface area contributed by atoms with Crippen LogP contribution in [0, 0.1) is 25.7 Å². The third kappa shape index (κ3) is 4.04. The first-order chi connectivity index (χ1) is 12.9. The van der Waals surface area contributed by atoms with E-state index in [-0.39, 0.29) is 36.1 Å². The molecule has 2 heterocycles. The van der Waals surface area contributed by atoms with Crippen molar-refractivity contribution in [3.63, 3.8) is 0 Å². The van der Waals surface area contributed by atoms with Gasteiger partial charge in [-0.3, -0.25) is 4.79 Å². The average molecular weight is 424 g/mol. The third-order valence-corrected chi connectivity index (χ3v) is 6.25. The summed E-state index contributed by atoms with van der Waals surface area (Å²) in [5.74, 6) is 1.30. The van der Waals surface area contributed by atoms with E-state index in [0.29, 0.717) is 22.7 Å². The summed E-state index contributed by atoms with van der Waals surface area (Å²) in [6.45, 7) is 3.89. The molecule has 0 radical (unpaired) electrons. The summed E-state index contributed by atoms with van der Waals surface area (Å²) < 4.78 is 1.73. The smallest absolute Gasteiger partial charge is 0.271 e. The normalized spacial score (nSPS) is 26.4. The number of carbonyl (C=O) groups excluding carboxylic acids is 1. The van der Waals surface area contributed by atoms with Crippen LogP contribution in [0.4, 0.5) is 0 Å². The quantitative estimate of drug-likeness (QED) is 0.789. The van der Waals surface area contributed by atoms with Gasteiger partial charge in [0.1, 0.15) is 5.69 Å². The zero-order valence-electron chi connectivity index (χ0n) is 16.2. The third-order valence-electron chi connectivity index (χ3n) is 5.95. The summed E-state index contributed by atoms with van der Waals surface area (Å²) in [4.78, 5) is 17.5. The Labute approximate surface area is 176 Å². The molecule has 2 aliphatic carbocycles. The molecule has 8 heteroatoms. The predicted molar refractivity (Wildman–Crippen MR) is 112 cm³/mol. The van der Waals surface area contributed by atoms with Crippen molar-refractivity contribution in [3.05, 3.63) is 40.3 Å². The minimum atomic E-state index is -0.208. The van der Waals surface area contributed by atoms with Crippen molar-refractivity contribution in [1.29, 1.82) is 0 Å². The Balaban J connectivity index is 0.00000225. The van der Waals surface area contributed by atoms with Gasteiger partial charge < -0.3 is 11.1 Å². The molecule has 6 nitrogen and oxygen atoms in total. The van der Waals surface area contributed by atoms with E-state index in [2.05, 4.69) is 15.4 Å². The first-order valence-electron chi connectivity index (χ1n) is 9.69. The van der Waals surface area contributed by atoms with Crippen LogP contribution in [0.3, 0.4) is 0 Å². The lowest BCUT2D eigenvalue weighted by Crippen LogP contribution is -2.53. The highest BCUT2D eigenvalue weighted by atomic mass is 35.5. The number of hydrogen-bond acceptors (Lipinski definition) is 4. The van der Waals surface area contributed by atoms with Crippen molar-refractivity contribution in [2.24, 2.45) is 17.6 Å². The van der Waals surface area contributed by atoms with Crippen LogP contribution in [0.1, 0.15) is 54.0 Å². The minimum absolute atomic E-state index is 0.